The largest absolute Gasteiger partial charge is 0.481 e. The number of aromatic nitrogens is 1. The van der Waals surface area contributed by atoms with Crippen molar-refractivity contribution < 1.29 is 14.8 Å². The van der Waals surface area contributed by atoms with E-state index in [0.717, 1.165) is 6.42 Å². The highest BCUT2D eigenvalue weighted by molar-refractivity contribution is 5.70. The summed E-state index contributed by atoms with van der Waals surface area (Å²) in [6, 6.07) is 2.98. The third-order valence-corrected chi connectivity index (χ3v) is 3.09. The number of nitrogens with one attached hydrogen (secondary N) is 1. The van der Waals surface area contributed by atoms with Crippen LogP contribution in [0.3, 0.4) is 0 Å². The van der Waals surface area contributed by atoms with Gasteiger partial charge in [-0.2, -0.15) is 0 Å². The third-order valence-electron chi connectivity index (χ3n) is 3.09. The Morgan fingerprint density at radius 2 is 2.28 bits per heavy atom. The van der Waals surface area contributed by atoms with Crippen LogP contribution in [0.15, 0.2) is 18.3 Å². The second kappa shape index (κ2) is 4.99. The molecule has 2 unspecified atom stereocenters. The molecule has 0 aliphatic heterocycles. The summed E-state index contributed by atoms with van der Waals surface area (Å²) in [5, 5.41) is 22.4. The molecule has 18 heavy (non-hydrogen) atoms. The van der Waals surface area contributed by atoms with Crippen molar-refractivity contribution in [1.29, 1.82) is 0 Å². The van der Waals surface area contributed by atoms with Crippen molar-refractivity contribution >= 4 is 17.5 Å². The van der Waals surface area contributed by atoms with Gasteiger partial charge in [-0.3, -0.25) is 14.9 Å². The van der Waals surface area contributed by atoms with Gasteiger partial charge in [0.05, 0.1) is 10.8 Å². The van der Waals surface area contributed by atoms with E-state index in [1.807, 2.05) is 0 Å². The van der Waals surface area contributed by atoms with Crippen LogP contribution in [0.2, 0.25) is 0 Å². The monoisotopic (exact) mass is 251 g/mol. The number of anilines is 1. The average molecular weight is 251 g/mol. The van der Waals surface area contributed by atoms with E-state index in [9.17, 15) is 14.9 Å². The van der Waals surface area contributed by atoms with E-state index in [-0.39, 0.29) is 17.6 Å². The van der Waals surface area contributed by atoms with Gasteiger partial charge in [0, 0.05) is 12.1 Å². The average Bonchev–Trinajstić information content (AvgIpc) is 2.78. The third kappa shape index (κ3) is 2.73. The predicted molar refractivity (Wildman–Crippen MR) is 63.3 cm³/mol. The molecule has 7 heteroatoms. The summed E-state index contributed by atoms with van der Waals surface area (Å²) in [6.07, 6.45) is 3.18. The summed E-state index contributed by atoms with van der Waals surface area (Å²) < 4.78 is 0. The fourth-order valence-corrected chi connectivity index (χ4v) is 2.13. The van der Waals surface area contributed by atoms with E-state index in [4.69, 9.17) is 5.11 Å². The Morgan fingerprint density at radius 3 is 2.78 bits per heavy atom. The Hall–Kier alpha value is -2.18. The SMILES string of the molecule is O=C(O)C1CCC(Nc2ccc([N+](=O)[O-])cn2)C1. The number of hydrogen-bond acceptors (Lipinski definition) is 5. The minimum Gasteiger partial charge on any atom is -0.481 e. The van der Waals surface area contributed by atoms with Crippen LogP contribution in [0.5, 0.6) is 0 Å². The molecule has 1 aliphatic carbocycles. The Labute approximate surface area is 103 Å². The van der Waals surface area contributed by atoms with E-state index >= 15 is 0 Å². The van der Waals surface area contributed by atoms with Crippen LogP contribution < -0.4 is 5.32 Å². The highest BCUT2D eigenvalue weighted by atomic mass is 16.6. The lowest BCUT2D eigenvalue weighted by Crippen LogP contribution is -2.18. The van der Waals surface area contributed by atoms with Crippen molar-refractivity contribution in [2.45, 2.75) is 25.3 Å². The standard InChI is InChI=1S/C11H13N3O4/c15-11(16)7-1-2-8(5-7)13-10-4-3-9(6-12-10)14(17)18/h3-4,6-8H,1-2,5H2,(H,12,13)(H,15,16). The minimum absolute atomic E-state index is 0.0598. The van der Waals surface area contributed by atoms with E-state index in [1.165, 1.54) is 18.3 Å². The zero-order valence-corrected chi connectivity index (χ0v) is 9.57. The summed E-state index contributed by atoms with van der Waals surface area (Å²) in [5.41, 5.74) is -0.0598. The molecule has 0 saturated heterocycles. The molecule has 1 fully saturated rings. The van der Waals surface area contributed by atoms with Crippen LogP contribution in [-0.4, -0.2) is 27.0 Å². The van der Waals surface area contributed by atoms with Crippen LogP contribution in [0.25, 0.3) is 0 Å². The molecule has 1 aliphatic rings. The number of aliphatic carboxylic acids is 1. The molecule has 0 radical (unpaired) electrons. The first kappa shape index (κ1) is 12.3. The lowest BCUT2D eigenvalue weighted by Gasteiger charge is -2.12. The molecule has 96 valence electrons. The molecule has 2 N–H and O–H groups in total. The molecule has 1 heterocycles. The number of nitro groups is 1. The summed E-state index contributed by atoms with van der Waals surface area (Å²) >= 11 is 0. The smallest absolute Gasteiger partial charge is 0.306 e. The van der Waals surface area contributed by atoms with Crippen molar-refractivity contribution in [2.24, 2.45) is 5.92 Å². The molecule has 0 bridgehead atoms. The zero-order valence-electron chi connectivity index (χ0n) is 9.57. The number of pyridine rings is 1. The van der Waals surface area contributed by atoms with Crippen LogP contribution in [0.4, 0.5) is 11.5 Å². The Balaban J connectivity index is 1.94. The highest BCUT2D eigenvalue weighted by Crippen LogP contribution is 2.28. The highest BCUT2D eigenvalue weighted by Gasteiger charge is 2.29. The van der Waals surface area contributed by atoms with Gasteiger partial charge < -0.3 is 10.4 Å². The van der Waals surface area contributed by atoms with Gasteiger partial charge in [-0.25, -0.2) is 4.98 Å². The molecule has 2 atom stereocenters. The van der Waals surface area contributed by atoms with Crippen LogP contribution in [-0.2, 0) is 4.79 Å². The molecule has 0 aromatic carbocycles. The van der Waals surface area contributed by atoms with Crippen LogP contribution in [0, 0.1) is 16.0 Å². The maximum atomic E-state index is 10.8. The molecule has 2 rings (SSSR count). The first-order valence-electron chi connectivity index (χ1n) is 5.66. The van der Waals surface area contributed by atoms with Crippen molar-refractivity contribution in [3.63, 3.8) is 0 Å². The summed E-state index contributed by atoms with van der Waals surface area (Å²) in [6.45, 7) is 0. The quantitative estimate of drug-likeness (QED) is 0.622. The van der Waals surface area contributed by atoms with Crippen molar-refractivity contribution in [1.82, 2.24) is 4.98 Å². The summed E-state index contributed by atoms with van der Waals surface area (Å²) in [4.78, 5) is 24.7. The van der Waals surface area contributed by atoms with Gasteiger partial charge in [0.25, 0.3) is 5.69 Å². The van der Waals surface area contributed by atoms with Crippen molar-refractivity contribution in [2.75, 3.05) is 5.32 Å². The molecule has 0 amide bonds. The zero-order chi connectivity index (χ0) is 13.1. The predicted octanol–water partition coefficient (Wildman–Crippen LogP) is 1.66. The normalized spacial score (nSPS) is 22.7. The summed E-state index contributed by atoms with van der Waals surface area (Å²) in [5.74, 6) is -0.534. The van der Waals surface area contributed by atoms with Gasteiger partial charge in [0.1, 0.15) is 12.0 Å². The number of carboxylic acids is 1. The van der Waals surface area contributed by atoms with Gasteiger partial charge in [0.2, 0.25) is 0 Å². The molecule has 0 spiro atoms. The van der Waals surface area contributed by atoms with Crippen molar-refractivity contribution in [3.05, 3.63) is 28.4 Å². The Kier molecular flexibility index (Phi) is 3.40. The lowest BCUT2D eigenvalue weighted by atomic mass is 10.1. The number of nitrogens with zero attached hydrogens (tertiary/aromatic N) is 2. The molecular formula is C11H13N3O4. The first-order valence-corrected chi connectivity index (χ1v) is 5.66. The molecule has 1 saturated carbocycles. The fourth-order valence-electron chi connectivity index (χ4n) is 2.13. The topological polar surface area (TPSA) is 105 Å². The minimum atomic E-state index is -0.768. The number of hydrogen-bond donors (Lipinski definition) is 2. The second-order valence-corrected chi connectivity index (χ2v) is 4.35. The maximum Gasteiger partial charge on any atom is 0.306 e. The Morgan fingerprint density at radius 1 is 1.50 bits per heavy atom. The van der Waals surface area contributed by atoms with Gasteiger partial charge in [-0.1, -0.05) is 0 Å². The van der Waals surface area contributed by atoms with Gasteiger partial charge in [0.15, 0.2) is 0 Å². The molecule has 7 nitrogen and oxygen atoms in total. The molecule has 1 aromatic rings. The van der Waals surface area contributed by atoms with Crippen LogP contribution >= 0.6 is 0 Å². The van der Waals surface area contributed by atoms with E-state index in [1.54, 1.807) is 0 Å². The Bertz CT molecular complexity index is 460. The van der Waals surface area contributed by atoms with Gasteiger partial charge in [-0.15, -0.1) is 0 Å². The van der Waals surface area contributed by atoms with Gasteiger partial charge in [-0.05, 0) is 25.3 Å². The number of rotatable bonds is 4. The number of carbonyl (C=O) groups is 1. The molecular weight excluding hydrogens is 238 g/mol. The maximum absolute atomic E-state index is 10.8. The van der Waals surface area contributed by atoms with Gasteiger partial charge >= 0.3 is 5.97 Å². The summed E-state index contributed by atoms with van der Waals surface area (Å²) in [7, 11) is 0. The number of carboxylic acid groups (broad SMARTS) is 1. The lowest BCUT2D eigenvalue weighted by molar-refractivity contribution is -0.385. The van der Waals surface area contributed by atoms with E-state index in [0.29, 0.717) is 18.7 Å². The van der Waals surface area contributed by atoms with Crippen molar-refractivity contribution in [3.8, 4) is 0 Å². The van der Waals surface area contributed by atoms with E-state index < -0.39 is 10.9 Å². The fraction of sp³-hybridized carbons (Fsp3) is 0.455. The van der Waals surface area contributed by atoms with E-state index in [2.05, 4.69) is 10.3 Å². The second-order valence-electron chi connectivity index (χ2n) is 4.35. The first-order chi connectivity index (χ1) is 8.56. The molecule has 1 aromatic heterocycles. The van der Waals surface area contributed by atoms with Crippen LogP contribution in [0.1, 0.15) is 19.3 Å².